The second-order valence-electron chi connectivity index (χ2n) is 7.42. The van der Waals surface area contributed by atoms with Crippen LogP contribution in [0.3, 0.4) is 0 Å². The minimum absolute atomic E-state index is 0.155. The van der Waals surface area contributed by atoms with Gasteiger partial charge in [-0.1, -0.05) is 24.3 Å². The van der Waals surface area contributed by atoms with Crippen molar-refractivity contribution in [3.63, 3.8) is 0 Å². The Morgan fingerprint density at radius 3 is 2.52 bits per heavy atom. The first-order chi connectivity index (χ1) is 14.8. The molecule has 0 aliphatic carbocycles. The Kier molecular flexibility index (Phi) is 6.49. The number of hydrogen-bond donors (Lipinski definition) is 2. The van der Waals surface area contributed by atoms with Crippen LogP contribution in [0.4, 0.5) is 0 Å². The summed E-state index contributed by atoms with van der Waals surface area (Å²) in [5.41, 5.74) is 13.7. The molecule has 1 aromatic carbocycles. The highest BCUT2D eigenvalue weighted by molar-refractivity contribution is 5.92. The normalized spacial score (nSPS) is 12.2. The molecule has 0 bridgehead atoms. The lowest BCUT2D eigenvalue weighted by molar-refractivity contribution is -0.125. The largest absolute Gasteiger partial charge is 0.370 e. The molecular weight excluding hydrogens is 394 g/mol. The zero-order chi connectivity index (χ0) is 22.5. The van der Waals surface area contributed by atoms with Crippen LogP contribution < -0.4 is 11.5 Å². The van der Waals surface area contributed by atoms with Crippen LogP contribution >= 0.6 is 0 Å². The predicted molar refractivity (Wildman–Crippen MR) is 118 cm³/mol. The molecule has 3 amide bonds. The lowest BCUT2D eigenvalue weighted by Crippen LogP contribution is -2.27. The van der Waals surface area contributed by atoms with Gasteiger partial charge in [-0.15, -0.1) is 0 Å². The summed E-state index contributed by atoms with van der Waals surface area (Å²) in [6.45, 7) is 0.471. The molecule has 1 unspecified atom stereocenters. The fourth-order valence-corrected chi connectivity index (χ4v) is 3.39. The summed E-state index contributed by atoms with van der Waals surface area (Å²) < 4.78 is 2.08. The van der Waals surface area contributed by atoms with E-state index in [2.05, 4.69) is 15.6 Å². The van der Waals surface area contributed by atoms with Gasteiger partial charge in [0, 0.05) is 44.0 Å². The molecule has 0 spiro atoms. The molecule has 0 saturated heterocycles. The monoisotopic (exact) mass is 419 g/mol. The SMILES string of the molecule is CN(Cc1cc2ccccc2n1C)C(=O)C=Cc1ccc(C(CC(N)=O)C(N)=O)nc1. The average Bonchev–Trinajstić information content (AvgIpc) is 3.06. The molecule has 8 heteroatoms. The minimum Gasteiger partial charge on any atom is -0.370 e. The Hall–Kier alpha value is -3.94. The summed E-state index contributed by atoms with van der Waals surface area (Å²) in [5.74, 6) is -2.32. The van der Waals surface area contributed by atoms with Crippen LogP contribution in [-0.4, -0.2) is 39.2 Å². The van der Waals surface area contributed by atoms with Crippen molar-refractivity contribution in [2.24, 2.45) is 18.5 Å². The average molecular weight is 419 g/mol. The highest BCUT2D eigenvalue weighted by atomic mass is 16.2. The van der Waals surface area contributed by atoms with Gasteiger partial charge in [-0.3, -0.25) is 19.4 Å². The third kappa shape index (κ3) is 5.16. The van der Waals surface area contributed by atoms with Crippen molar-refractivity contribution in [1.82, 2.24) is 14.5 Å². The summed E-state index contributed by atoms with van der Waals surface area (Å²) in [7, 11) is 3.73. The van der Waals surface area contributed by atoms with E-state index in [1.54, 1.807) is 30.2 Å². The Bertz CT molecular complexity index is 1150. The number of carbonyl (C=O) groups is 3. The number of pyridine rings is 1. The number of para-hydroxylation sites is 1. The molecule has 3 aromatic rings. The number of likely N-dealkylation sites (N-methyl/N-ethyl adjacent to an activating group) is 1. The Balaban J connectivity index is 1.66. The van der Waals surface area contributed by atoms with Gasteiger partial charge in [-0.25, -0.2) is 0 Å². The number of nitrogens with zero attached hydrogens (tertiary/aromatic N) is 3. The highest BCUT2D eigenvalue weighted by Gasteiger charge is 2.21. The first-order valence-electron chi connectivity index (χ1n) is 9.76. The van der Waals surface area contributed by atoms with E-state index in [9.17, 15) is 14.4 Å². The third-order valence-electron chi connectivity index (χ3n) is 5.16. The summed E-state index contributed by atoms with van der Waals surface area (Å²) in [6, 6.07) is 13.4. The zero-order valence-electron chi connectivity index (χ0n) is 17.5. The molecular formula is C23H25N5O3. The number of aryl methyl sites for hydroxylation is 1. The zero-order valence-corrected chi connectivity index (χ0v) is 17.5. The molecule has 8 nitrogen and oxygen atoms in total. The van der Waals surface area contributed by atoms with Gasteiger partial charge in [0.25, 0.3) is 0 Å². The topological polar surface area (TPSA) is 124 Å². The molecule has 4 N–H and O–H groups in total. The van der Waals surface area contributed by atoms with Gasteiger partial charge in [-0.05, 0) is 35.2 Å². The molecule has 2 heterocycles. The number of fused-ring (bicyclic) bond motifs is 1. The van der Waals surface area contributed by atoms with E-state index in [0.717, 1.165) is 16.6 Å². The molecule has 160 valence electrons. The quantitative estimate of drug-likeness (QED) is 0.539. The van der Waals surface area contributed by atoms with Crippen molar-refractivity contribution < 1.29 is 14.4 Å². The van der Waals surface area contributed by atoms with Gasteiger partial charge in [0.15, 0.2) is 0 Å². The first-order valence-corrected chi connectivity index (χ1v) is 9.76. The smallest absolute Gasteiger partial charge is 0.246 e. The van der Waals surface area contributed by atoms with Gasteiger partial charge in [0.1, 0.15) is 0 Å². The van der Waals surface area contributed by atoms with Crippen LogP contribution in [-0.2, 0) is 28.0 Å². The lowest BCUT2D eigenvalue weighted by Gasteiger charge is -2.16. The van der Waals surface area contributed by atoms with Crippen LogP contribution in [0.25, 0.3) is 17.0 Å². The van der Waals surface area contributed by atoms with E-state index in [0.29, 0.717) is 17.8 Å². The fourth-order valence-electron chi connectivity index (χ4n) is 3.39. The predicted octanol–water partition coefficient (Wildman–Crippen LogP) is 1.69. The van der Waals surface area contributed by atoms with Crippen LogP contribution in [0.5, 0.6) is 0 Å². The number of aromatic nitrogens is 2. The van der Waals surface area contributed by atoms with E-state index in [-0.39, 0.29) is 12.3 Å². The summed E-state index contributed by atoms with van der Waals surface area (Å²) in [4.78, 5) is 41.0. The number of benzene rings is 1. The Labute approximate surface area is 180 Å². The Morgan fingerprint density at radius 2 is 1.90 bits per heavy atom. The van der Waals surface area contributed by atoms with Gasteiger partial charge in [0.2, 0.25) is 17.7 Å². The molecule has 0 aliphatic heterocycles. The lowest BCUT2D eigenvalue weighted by atomic mass is 9.99. The minimum atomic E-state index is -0.871. The highest BCUT2D eigenvalue weighted by Crippen LogP contribution is 2.20. The Morgan fingerprint density at radius 1 is 1.16 bits per heavy atom. The number of rotatable bonds is 8. The van der Waals surface area contributed by atoms with Gasteiger partial charge in [-0.2, -0.15) is 0 Å². The van der Waals surface area contributed by atoms with Crippen LogP contribution in [0.1, 0.15) is 29.3 Å². The summed E-state index contributed by atoms with van der Waals surface area (Å²) >= 11 is 0. The number of hydrogen-bond acceptors (Lipinski definition) is 4. The second-order valence-corrected chi connectivity index (χ2v) is 7.42. The van der Waals surface area contributed by atoms with Crippen molar-refractivity contribution >= 4 is 34.7 Å². The molecule has 0 aliphatic rings. The number of amides is 3. The number of carbonyl (C=O) groups excluding carboxylic acids is 3. The third-order valence-corrected chi connectivity index (χ3v) is 5.16. The molecule has 3 rings (SSSR count). The fraction of sp³-hybridized carbons (Fsp3) is 0.217. The van der Waals surface area contributed by atoms with Gasteiger partial charge >= 0.3 is 0 Å². The van der Waals surface area contributed by atoms with E-state index < -0.39 is 17.7 Å². The van der Waals surface area contributed by atoms with Crippen molar-refractivity contribution in [1.29, 1.82) is 0 Å². The first kappa shape index (κ1) is 21.8. The van der Waals surface area contributed by atoms with Crippen LogP contribution in [0, 0.1) is 0 Å². The van der Waals surface area contributed by atoms with E-state index in [4.69, 9.17) is 11.5 Å². The molecule has 0 fully saturated rings. The van der Waals surface area contributed by atoms with E-state index >= 15 is 0 Å². The maximum atomic E-state index is 12.5. The standard InChI is InChI=1S/C23H25N5O3/c1-27(14-17-11-16-5-3-4-6-20(16)28(17)2)22(30)10-8-15-7-9-19(26-13-15)18(23(25)31)12-21(24)29/h3-11,13,18H,12,14H2,1-2H3,(H2,24,29)(H2,25,31). The second kappa shape index (κ2) is 9.25. The maximum Gasteiger partial charge on any atom is 0.246 e. The molecule has 0 radical (unpaired) electrons. The number of primary amides is 2. The van der Waals surface area contributed by atoms with Crippen LogP contribution in [0.2, 0.25) is 0 Å². The van der Waals surface area contributed by atoms with Crippen molar-refractivity contribution in [3.05, 3.63) is 71.7 Å². The van der Waals surface area contributed by atoms with Gasteiger partial charge < -0.3 is 20.9 Å². The van der Waals surface area contributed by atoms with E-state index in [1.807, 2.05) is 31.3 Å². The van der Waals surface area contributed by atoms with Crippen molar-refractivity contribution in [2.75, 3.05) is 7.05 Å². The van der Waals surface area contributed by atoms with Crippen molar-refractivity contribution in [2.45, 2.75) is 18.9 Å². The molecule has 0 saturated carbocycles. The summed E-state index contributed by atoms with van der Waals surface area (Å²) in [6.07, 6.45) is 4.42. The molecule has 31 heavy (non-hydrogen) atoms. The summed E-state index contributed by atoms with van der Waals surface area (Å²) in [5, 5.41) is 1.13. The molecule has 1 atom stereocenters. The van der Waals surface area contributed by atoms with Crippen molar-refractivity contribution in [3.8, 4) is 0 Å². The molecule has 2 aromatic heterocycles. The number of nitrogens with two attached hydrogens (primary N) is 2. The maximum absolute atomic E-state index is 12.5. The van der Waals surface area contributed by atoms with Gasteiger partial charge in [0.05, 0.1) is 18.2 Å². The van der Waals surface area contributed by atoms with E-state index in [1.165, 1.54) is 12.3 Å². The van der Waals surface area contributed by atoms with Crippen LogP contribution in [0.15, 0.2) is 54.7 Å².